The van der Waals surface area contributed by atoms with Gasteiger partial charge in [-0.05, 0) is 55.7 Å². The summed E-state index contributed by atoms with van der Waals surface area (Å²) in [5.74, 6) is -3.87. The molecule has 4 rings (SSSR count). The second-order valence-electron chi connectivity index (χ2n) is 11.0. The number of carbonyl (C=O) groups is 2. The highest BCUT2D eigenvalue weighted by atomic mass is 19.4. The van der Waals surface area contributed by atoms with Crippen molar-refractivity contribution in [2.24, 2.45) is 7.05 Å². The summed E-state index contributed by atoms with van der Waals surface area (Å²) < 4.78 is 97.9. The van der Waals surface area contributed by atoms with Crippen molar-refractivity contribution < 1.29 is 45.4 Å². The van der Waals surface area contributed by atoms with Crippen LogP contribution in [-0.4, -0.2) is 44.8 Å². The van der Waals surface area contributed by atoms with Gasteiger partial charge in [-0.2, -0.15) is 26.3 Å². The Morgan fingerprint density at radius 3 is 2.30 bits per heavy atom. The standard InChI is InChI=1S/C32H29F7N4O4/c1-5-24(32(37,38)39)41-18-11-15(2)25(22(33)14-18)28(44)42-23(30(46)47)13-17-8-9-20(27-19(17)7-6-10-40-27)26-21(31(34,35)36)12-16(3)43(4)29(26)45/h6-12,14,23-24,41H,5,13H2,1-4H3,(H,42,44)(H,46,47)/t23-,24+/m0/s1. The van der Waals surface area contributed by atoms with E-state index in [2.05, 4.69) is 15.6 Å². The number of hydrogen-bond donors (Lipinski definition) is 3. The zero-order valence-corrected chi connectivity index (χ0v) is 25.4. The minimum absolute atomic E-state index is 0.0267. The molecule has 47 heavy (non-hydrogen) atoms. The van der Waals surface area contributed by atoms with Crippen molar-refractivity contribution in [2.45, 2.75) is 58.0 Å². The molecule has 0 unspecified atom stereocenters. The van der Waals surface area contributed by atoms with Gasteiger partial charge in [-0.1, -0.05) is 25.1 Å². The van der Waals surface area contributed by atoms with Crippen LogP contribution in [0.25, 0.3) is 22.0 Å². The monoisotopic (exact) mass is 666 g/mol. The van der Waals surface area contributed by atoms with Crippen LogP contribution in [0.15, 0.2) is 53.5 Å². The number of aliphatic carboxylic acids is 1. The van der Waals surface area contributed by atoms with Crippen molar-refractivity contribution in [3.63, 3.8) is 0 Å². The maximum absolute atomic E-state index is 15.1. The lowest BCUT2D eigenvalue weighted by Gasteiger charge is -2.22. The molecule has 2 aromatic heterocycles. The highest BCUT2D eigenvalue weighted by Gasteiger charge is 2.39. The molecule has 0 spiro atoms. The molecule has 0 saturated heterocycles. The first-order valence-electron chi connectivity index (χ1n) is 14.2. The van der Waals surface area contributed by atoms with Crippen LogP contribution in [0.1, 0.15) is 46.1 Å². The quantitative estimate of drug-likeness (QED) is 0.175. The molecule has 2 atom stereocenters. The van der Waals surface area contributed by atoms with Gasteiger partial charge in [-0.15, -0.1) is 0 Å². The Morgan fingerprint density at radius 2 is 1.72 bits per heavy atom. The van der Waals surface area contributed by atoms with Crippen LogP contribution < -0.4 is 16.2 Å². The minimum Gasteiger partial charge on any atom is -0.480 e. The number of pyridine rings is 2. The Morgan fingerprint density at radius 1 is 1.04 bits per heavy atom. The van der Waals surface area contributed by atoms with E-state index in [1.54, 1.807) is 0 Å². The lowest BCUT2D eigenvalue weighted by atomic mass is 9.93. The first kappa shape index (κ1) is 34.9. The summed E-state index contributed by atoms with van der Waals surface area (Å²) in [7, 11) is 1.32. The Hall–Kier alpha value is -4.95. The number of aromatic nitrogens is 2. The Balaban J connectivity index is 1.70. The number of rotatable bonds is 9. The van der Waals surface area contributed by atoms with Crippen LogP contribution in [0.4, 0.5) is 36.4 Å². The van der Waals surface area contributed by atoms with E-state index in [-0.39, 0.29) is 45.4 Å². The summed E-state index contributed by atoms with van der Waals surface area (Å²) in [6.45, 7) is 3.92. The van der Waals surface area contributed by atoms with Gasteiger partial charge in [-0.25, -0.2) is 9.18 Å². The van der Waals surface area contributed by atoms with Crippen molar-refractivity contribution >= 4 is 28.5 Å². The molecule has 250 valence electrons. The summed E-state index contributed by atoms with van der Waals surface area (Å²) >= 11 is 0. The second-order valence-corrected chi connectivity index (χ2v) is 11.0. The van der Waals surface area contributed by atoms with Gasteiger partial charge in [0.1, 0.15) is 17.9 Å². The van der Waals surface area contributed by atoms with Gasteiger partial charge >= 0.3 is 18.3 Å². The van der Waals surface area contributed by atoms with Crippen molar-refractivity contribution in [1.82, 2.24) is 14.9 Å². The van der Waals surface area contributed by atoms with Crippen LogP contribution >= 0.6 is 0 Å². The third-order valence-electron chi connectivity index (χ3n) is 7.79. The number of hydrogen-bond acceptors (Lipinski definition) is 5. The van der Waals surface area contributed by atoms with Gasteiger partial charge < -0.3 is 20.3 Å². The van der Waals surface area contributed by atoms with Crippen LogP contribution in [-0.2, 0) is 24.4 Å². The predicted octanol–water partition coefficient (Wildman–Crippen LogP) is 6.55. The molecule has 3 N–H and O–H groups in total. The molecule has 8 nitrogen and oxygen atoms in total. The number of benzene rings is 2. The molecule has 4 aromatic rings. The molecule has 2 aromatic carbocycles. The van der Waals surface area contributed by atoms with Gasteiger partial charge in [0.25, 0.3) is 11.5 Å². The number of fused-ring (bicyclic) bond motifs is 1. The summed E-state index contributed by atoms with van der Waals surface area (Å²) in [5.41, 5.74) is -3.48. The fourth-order valence-electron chi connectivity index (χ4n) is 5.30. The smallest absolute Gasteiger partial charge is 0.417 e. The number of anilines is 1. The highest BCUT2D eigenvalue weighted by molar-refractivity contribution is 5.99. The number of aryl methyl sites for hydroxylation is 2. The van der Waals surface area contributed by atoms with Gasteiger partial charge in [0.15, 0.2) is 0 Å². The SMILES string of the molecule is CC[C@@H](Nc1cc(C)c(C(=O)N[C@@H](Cc2ccc(-c3c(C(F)(F)F)cc(C)n(C)c3=O)c3ncccc23)C(=O)O)c(F)c1)C(F)(F)F. The summed E-state index contributed by atoms with van der Waals surface area (Å²) in [4.78, 5) is 42.6. The molecule has 0 saturated carbocycles. The number of carbonyl (C=O) groups excluding carboxylic acids is 1. The zero-order valence-electron chi connectivity index (χ0n) is 25.4. The van der Waals surface area contributed by atoms with Crippen LogP contribution in [0.2, 0.25) is 0 Å². The molecule has 0 aliphatic rings. The van der Waals surface area contributed by atoms with Gasteiger partial charge in [-0.3, -0.25) is 14.6 Å². The molecular formula is C32H29F7N4O4. The van der Waals surface area contributed by atoms with Crippen LogP contribution in [0.3, 0.4) is 0 Å². The molecule has 1 amide bonds. The summed E-state index contributed by atoms with van der Waals surface area (Å²) in [5, 5.41) is 14.5. The molecule has 0 aliphatic heterocycles. The Labute approximate surface area is 263 Å². The number of carboxylic acids is 1. The van der Waals surface area contributed by atoms with E-state index in [0.29, 0.717) is 6.07 Å². The van der Waals surface area contributed by atoms with E-state index >= 15 is 4.39 Å². The number of halogens is 7. The topological polar surface area (TPSA) is 113 Å². The largest absolute Gasteiger partial charge is 0.480 e. The summed E-state index contributed by atoms with van der Waals surface area (Å²) in [6, 6.07) is 4.48. The van der Waals surface area contributed by atoms with Crippen molar-refractivity contribution in [3.8, 4) is 11.1 Å². The molecule has 0 aliphatic carbocycles. The van der Waals surface area contributed by atoms with Crippen molar-refractivity contribution in [3.05, 3.63) is 92.8 Å². The van der Waals surface area contributed by atoms with E-state index in [0.717, 1.165) is 16.7 Å². The average Bonchev–Trinajstić information content (AvgIpc) is 2.97. The van der Waals surface area contributed by atoms with E-state index in [1.165, 1.54) is 58.3 Å². The van der Waals surface area contributed by atoms with Crippen LogP contribution in [0.5, 0.6) is 0 Å². The lowest BCUT2D eigenvalue weighted by Crippen LogP contribution is -2.43. The molecule has 0 fully saturated rings. The van der Waals surface area contributed by atoms with E-state index in [4.69, 9.17) is 0 Å². The molecule has 2 heterocycles. The zero-order chi connectivity index (χ0) is 35.0. The average molecular weight is 667 g/mol. The first-order valence-corrected chi connectivity index (χ1v) is 14.2. The van der Waals surface area contributed by atoms with Crippen molar-refractivity contribution in [2.75, 3.05) is 5.32 Å². The fourth-order valence-corrected chi connectivity index (χ4v) is 5.30. The minimum atomic E-state index is -4.89. The Bertz CT molecular complexity index is 1900. The first-order chi connectivity index (χ1) is 21.8. The Kier molecular flexibility index (Phi) is 9.69. The number of carboxylic acid groups (broad SMARTS) is 1. The maximum Gasteiger partial charge on any atom is 0.417 e. The fraction of sp³-hybridized carbons (Fsp3) is 0.312. The third-order valence-corrected chi connectivity index (χ3v) is 7.79. The molecule has 0 bridgehead atoms. The van der Waals surface area contributed by atoms with E-state index < -0.39 is 70.8 Å². The molecular weight excluding hydrogens is 637 g/mol. The van der Waals surface area contributed by atoms with E-state index in [9.17, 15) is 45.8 Å². The van der Waals surface area contributed by atoms with Crippen molar-refractivity contribution in [1.29, 1.82) is 0 Å². The second kappa shape index (κ2) is 13.0. The number of amides is 1. The van der Waals surface area contributed by atoms with Gasteiger partial charge in [0.05, 0.1) is 22.2 Å². The molecule has 15 heteroatoms. The van der Waals surface area contributed by atoms with Gasteiger partial charge in [0, 0.05) is 42.0 Å². The maximum atomic E-state index is 15.1. The summed E-state index contributed by atoms with van der Waals surface area (Å²) in [6.07, 6.45) is -8.98. The number of nitrogens with one attached hydrogen (secondary N) is 2. The van der Waals surface area contributed by atoms with Crippen LogP contribution in [0, 0.1) is 19.7 Å². The van der Waals surface area contributed by atoms with E-state index in [1.807, 2.05) is 0 Å². The highest BCUT2D eigenvalue weighted by Crippen LogP contribution is 2.38. The predicted molar refractivity (Wildman–Crippen MR) is 160 cm³/mol. The lowest BCUT2D eigenvalue weighted by molar-refractivity contribution is -0.143. The third kappa shape index (κ3) is 7.23. The number of alkyl halides is 6. The normalized spacial score (nSPS) is 13.3. The van der Waals surface area contributed by atoms with Gasteiger partial charge in [0.2, 0.25) is 0 Å². The number of nitrogens with zero attached hydrogens (tertiary/aromatic N) is 2. The molecule has 0 radical (unpaired) electrons.